The maximum atomic E-state index is 11.2. The maximum Gasteiger partial charge on any atom is 0.336 e. The molecule has 0 saturated heterocycles. The lowest BCUT2D eigenvalue weighted by atomic mass is 10.0. The molecule has 0 aliphatic carbocycles. The van der Waals surface area contributed by atoms with E-state index in [1.54, 1.807) is 12.1 Å². The minimum absolute atomic E-state index is 0.217. The standard InChI is InChI=1S/C17H18BrNO2/c1-11(10-13-6-8-14(18)9-7-13)19-16-5-3-4-15(12(16)2)17(20)21/h3-9,11,19H,10H2,1-2H3,(H,20,21). The summed E-state index contributed by atoms with van der Waals surface area (Å²) in [6.07, 6.45) is 0.879. The van der Waals surface area contributed by atoms with Crippen LogP contribution in [0.5, 0.6) is 0 Å². The molecule has 21 heavy (non-hydrogen) atoms. The van der Waals surface area contributed by atoms with Gasteiger partial charge in [0.2, 0.25) is 0 Å². The number of carboxylic acids is 1. The van der Waals surface area contributed by atoms with Crippen LogP contribution >= 0.6 is 15.9 Å². The Morgan fingerprint density at radius 1 is 1.24 bits per heavy atom. The molecule has 3 nitrogen and oxygen atoms in total. The molecular weight excluding hydrogens is 330 g/mol. The number of carboxylic acid groups (broad SMARTS) is 1. The first kappa shape index (κ1) is 15.6. The highest BCUT2D eigenvalue weighted by atomic mass is 79.9. The number of aromatic carboxylic acids is 1. The molecule has 2 N–H and O–H groups in total. The Labute approximate surface area is 133 Å². The van der Waals surface area contributed by atoms with Gasteiger partial charge in [0.05, 0.1) is 5.56 Å². The molecule has 110 valence electrons. The molecule has 0 saturated carbocycles. The van der Waals surface area contributed by atoms with E-state index in [9.17, 15) is 4.79 Å². The molecule has 0 aromatic heterocycles. The quantitative estimate of drug-likeness (QED) is 0.837. The highest BCUT2D eigenvalue weighted by molar-refractivity contribution is 9.10. The Hall–Kier alpha value is -1.81. The first-order valence-corrected chi connectivity index (χ1v) is 7.60. The van der Waals surface area contributed by atoms with Gasteiger partial charge in [0, 0.05) is 16.2 Å². The zero-order chi connectivity index (χ0) is 15.4. The predicted molar refractivity (Wildman–Crippen MR) is 89.1 cm³/mol. The first-order valence-electron chi connectivity index (χ1n) is 6.81. The van der Waals surface area contributed by atoms with Crippen molar-refractivity contribution in [2.75, 3.05) is 5.32 Å². The molecule has 0 heterocycles. The Morgan fingerprint density at radius 2 is 1.90 bits per heavy atom. The highest BCUT2D eigenvalue weighted by Crippen LogP contribution is 2.21. The molecule has 2 rings (SSSR count). The van der Waals surface area contributed by atoms with Gasteiger partial charge in [-0.25, -0.2) is 4.79 Å². The average molecular weight is 348 g/mol. The fourth-order valence-corrected chi connectivity index (χ4v) is 2.58. The van der Waals surface area contributed by atoms with Crippen molar-refractivity contribution in [1.29, 1.82) is 0 Å². The molecule has 0 spiro atoms. The summed E-state index contributed by atoms with van der Waals surface area (Å²) in [6.45, 7) is 3.92. The van der Waals surface area contributed by atoms with Crippen LogP contribution in [0.2, 0.25) is 0 Å². The summed E-state index contributed by atoms with van der Waals surface area (Å²) in [5.41, 5.74) is 3.23. The van der Waals surface area contributed by atoms with Gasteiger partial charge < -0.3 is 10.4 Å². The topological polar surface area (TPSA) is 49.3 Å². The number of hydrogen-bond donors (Lipinski definition) is 2. The van der Waals surface area contributed by atoms with E-state index >= 15 is 0 Å². The van der Waals surface area contributed by atoms with Gasteiger partial charge in [-0.05, 0) is 55.7 Å². The SMILES string of the molecule is Cc1c(NC(C)Cc2ccc(Br)cc2)cccc1C(=O)O. The van der Waals surface area contributed by atoms with Crippen molar-refractivity contribution in [1.82, 2.24) is 0 Å². The molecule has 1 atom stereocenters. The van der Waals surface area contributed by atoms with Crippen LogP contribution < -0.4 is 5.32 Å². The third kappa shape index (κ3) is 4.08. The fraction of sp³-hybridized carbons (Fsp3) is 0.235. The van der Waals surface area contributed by atoms with E-state index in [-0.39, 0.29) is 6.04 Å². The zero-order valence-corrected chi connectivity index (χ0v) is 13.6. The number of nitrogens with one attached hydrogen (secondary N) is 1. The van der Waals surface area contributed by atoms with E-state index < -0.39 is 5.97 Å². The van der Waals surface area contributed by atoms with Crippen molar-refractivity contribution >= 4 is 27.6 Å². The lowest BCUT2D eigenvalue weighted by Crippen LogP contribution is -2.19. The molecule has 2 aromatic rings. The van der Waals surface area contributed by atoms with Crippen molar-refractivity contribution < 1.29 is 9.90 Å². The number of rotatable bonds is 5. The minimum atomic E-state index is -0.892. The van der Waals surface area contributed by atoms with Gasteiger partial charge in [-0.3, -0.25) is 0 Å². The largest absolute Gasteiger partial charge is 0.478 e. The van der Waals surface area contributed by atoms with Gasteiger partial charge in [0.25, 0.3) is 0 Å². The van der Waals surface area contributed by atoms with Crippen LogP contribution in [0.25, 0.3) is 0 Å². The summed E-state index contributed by atoms with van der Waals surface area (Å²) >= 11 is 3.43. The normalized spacial score (nSPS) is 12.0. The van der Waals surface area contributed by atoms with E-state index in [1.165, 1.54) is 5.56 Å². The molecule has 4 heteroatoms. The lowest BCUT2D eigenvalue weighted by Gasteiger charge is -2.18. The van der Waals surface area contributed by atoms with Crippen LogP contribution in [0.15, 0.2) is 46.9 Å². The summed E-state index contributed by atoms with van der Waals surface area (Å²) < 4.78 is 1.07. The second-order valence-electron chi connectivity index (χ2n) is 5.16. The molecule has 0 aliphatic heterocycles. The van der Waals surface area contributed by atoms with Crippen LogP contribution in [0, 0.1) is 6.92 Å². The Kier molecular flexibility index (Phi) is 5.02. The van der Waals surface area contributed by atoms with Gasteiger partial charge in [-0.15, -0.1) is 0 Å². The van der Waals surface area contributed by atoms with E-state index in [1.807, 2.05) is 25.1 Å². The lowest BCUT2D eigenvalue weighted by molar-refractivity contribution is 0.0696. The van der Waals surface area contributed by atoms with Gasteiger partial charge in [-0.2, -0.15) is 0 Å². The minimum Gasteiger partial charge on any atom is -0.478 e. The van der Waals surface area contributed by atoms with Crippen molar-refractivity contribution in [3.63, 3.8) is 0 Å². The van der Waals surface area contributed by atoms with E-state index in [0.717, 1.165) is 22.1 Å². The van der Waals surface area contributed by atoms with Crippen molar-refractivity contribution in [3.05, 3.63) is 63.6 Å². The number of halogens is 1. The van der Waals surface area contributed by atoms with E-state index in [2.05, 4.69) is 40.3 Å². The van der Waals surface area contributed by atoms with Crippen molar-refractivity contribution in [2.24, 2.45) is 0 Å². The number of carbonyl (C=O) groups is 1. The van der Waals surface area contributed by atoms with E-state index in [4.69, 9.17) is 5.11 Å². The highest BCUT2D eigenvalue weighted by Gasteiger charge is 2.11. The van der Waals surface area contributed by atoms with Crippen LogP contribution in [0.1, 0.15) is 28.4 Å². The van der Waals surface area contributed by atoms with Crippen molar-refractivity contribution in [3.8, 4) is 0 Å². The third-order valence-electron chi connectivity index (χ3n) is 3.42. The van der Waals surface area contributed by atoms with Gasteiger partial charge >= 0.3 is 5.97 Å². The summed E-state index contributed by atoms with van der Waals surface area (Å²) in [7, 11) is 0. The van der Waals surface area contributed by atoms with Gasteiger partial charge in [0.15, 0.2) is 0 Å². The predicted octanol–water partition coefficient (Wildman–Crippen LogP) is 4.50. The molecule has 2 aromatic carbocycles. The third-order valence-corrected chi connectivity index (χ3v) is 3.95. The molecule has 0 bridgehead atoms. The summed E-state index contributed by atoms with van der Waals surface area (Å²) in [4.78, 5) is 11.2. The molecule has 0 amide bonds. The Bertz CT molecular complexity index is 638. The van der Waals surface area contributed by atoms with Gasteiger partial charge in [0.1, 0.15) is 0 Å². The molecule has 1 unspecified atom stereocenters. The van der Waals surface area contributed by atoms with Crippen molar-refractivity contribution in [2.45, 2.75) is 26.3 Å². The van der Waals surface area contributed by atoms with Crippen LogP contribution in [-0.2, 0) is 6.42 Å². The van der Waals surface area contributed by atoms with Crippen LogP contribution in [0.3, 0.4) is 0 Å². The molecular formula is C17H18BrNO2. The first-order chi connectivity index (χ1) is 9.97. The smallest absolute Gasteiger partial charge is 0.336 e. The second kappa shape index (κ2) is 6.76. The summed E-state index contributed by atoms with van der Waals surface area (Å²) in [6, 6.07) is 13.8. The number of anilines is 1. The molecule has 0 aliphatic rings. The fourth-order valence-electron chi connectivity index (χ4n) is 2.31. The van der Waals surface area contributed by atoms with Crippen LogP contribution in [-0.4, -0.2) is 17.1 Å². The van der Waals surface area contributed by atoms with Gasteiger partial charge in [-0.1, -0.05) is 34.1 Å². The Balaban J connectivity index is 2.09. The molecule has 0 fully saturated rings. The number of benzene rings is 2. The zero-order valence-electron chi connectivity index (χ0n) is 12.1. The number of hydrogen-bond acceptors (Lipinski definition) is 2. The molecule has 0 radical (unpaired) electrons. The maximum absolute atomic E-state index is 11.2. The van der Waals surface area contributed by atoms with Crippen LogP contribution in [0.4, 0.5) is 5.69 Å². The monoisotopic (exact) mass is 347 g/mol. The summed E-state index contributed by atoms with van der Waals surface area (Å²) in [5, 5.41) is 12.5. The Morgan fingerprint density at radius 3 is 2.52 bits per heavy atom. The summed E-state index contributed by atoms with van der Waals surface area (Å²) in [5.74, 6) is -0.892. The van der Waals surface area contributed by atoms with E-state index in [0.29, 0.717) is 5.56 Å². The second-order valence-corrected chi connectivity index (χ2v) is 6.07. The average Bonchev–Trinajstić information content (AvgIpc) is 2.43.